The summed E-state index contributed by atoms with van der Waals surface area (Å²) in [6, 6.07) is 4.85. The van der Waals surface area contributed by atoms with Crippen LogP contribution in [0.25, 0.3) is 5.82 Å². The van der Waals surface area contributed by atoms with Crippen molar-refractivity contribution in [2.24, 2.45) is 5.92 Å². The van der Waals surface area contributed by atoms with E-state index in [4.69, 9.17) is 9.47 Å². The van der Waals surface area contributed by atoms with E-state index in [1.807, 2.05) is 21.7 Å². The number of fused-ring (bicyclic) bond motifs is 1. The maximum atomic E-state index is 13.8. The summed E-state index contributed by atoms with van der Waals surface area (Å²) < 4.78 is 40.9. The Morgan fingerprint density at radius 1 is 1.05 bits per heavy atom. The van der Waals surface area contributed by atoms with Crippen LogP contribution in [0.15, 0.2) is 49.2 Å². The standard InChI is InChI=1S/C27H27F2N7O2/c1-35-22(17-7-18(28)9-19(29)8-17)14-38-24-12-31-27(34-26(24)35)33-20-10-23(37-2)25(30-11-20)36-13-21(32-15-36)6-16-4-3-5-16/h7-13,15-16,22H,3-6,14H2,1-2H3,(H,31,33,34). The number of pyridine rings is 1. The molecule has 4 aromatic rings. The molecule has 0 saturated heterocycles. The zero-order valence-corrected chi connectivity index (χ0v) is 21.1. The quantitative estimate of drug-likeness (QED) is 0.365. The van der Waals surface area contributed by atoms with Crippen LogP contribution in [0.5, 0.6) is 11.5 Å². The second-order valence-electron chi connectivity index (χ2n) is 9.67. The fraction of sp³-hybridized carbons (Fsp3) is 0.333. The highest BCUT2D eigenvalue weighted by molar-refractivity contribution is 5.62. The van der Waals surface area contributed by atoms with Gasteiger partial charge in [0.15, 0.2) is 23.1 Å². The lowest BCUT2D eigenvalue weighted by molar-refractivity contribution is 0.264. The molecule has 196 valence electrons. The number of hydrogen-bond acceptors (Lipinski definition) is 8. The number of rotatable bonds is 7. The van der Waals surface area contributed by atoms with Crippen molar-refractivity contribution in [2.45, 2.75) is 31.7 Å². The van der Waals surface area contributed by atoms with E-state index >= 15 is 0 Å². The van der Waals surface area contributed by atoms with Crippen LogP contribution in [-0.4, -0.2) is 45.3 Å². The zero-order valence-electron chi connectivity index (χ0n) is 21.1. The Morgan fingerprint density at radius 2 is 1.87 bits per heavy atom. The molecular formula is C27H27F2N7O2. The fourth-order valence-corrected chi connectivity index (χ4v) is 4.85. The van der Waals surface area contributed by atoms with Crippen LogP contribution in [0, 0.1) is 17.6 Å². The van der Waals surface area contributed by atoms with E-state index in [0.717, 1.165) is 24.1 Å². The number of halogens is 2. The number of nitrogens with one attached hydrogen (secondary N) is 1. The molecule has 1 atom stereocenters. The molecule has 1 N–H and O–H groups in total. The topological polar surface area (TPSA) is 90.2 Å². The number of aromatic nitrogens is 5. The van der Waals surface area contributed by atoms with Gasteiger partial charge in [0.25, 0.3) is 0 Å². The average Bonchev–Trinajstić information content (AvgIpc) is 3.34. The average molecular weight is 520 g/mol. The van der Waals surface area contributed by atoms with Gasteiger partial charge in [0.05, 0.1) is 36.9 Å². The smallest absolute Gasteiger partial charge is 0.229 e. The maximum Gasteiger partial charge on any atom is 0.229 e. The number of hydrogen-bond donors (Lipinski definition) is 1. The summed E-state index contributed by atoms with van der Waals surface area (Å²) in [5.41, 5.74) is 2.14. The predicted molar refractivity (Wildman–Crippen MR) is 137 cm³/mol. The molecule has 1 unspecified atom stereocenters. The molecule has 11 heteroatoms. The highest BCUT2D eigenvalue weighted by Gasteiger charge is 2.29. The lowest BCUT2D eigenvalue weighted by Gasteiger charge is -2.35. The van der Waals surface area contributed by atoms with Gasteiger partial charge in [0.1, 0.15) is 24.6 Å². The third kappa shape index (κ3) is 4.71. The number of anilines is 3. The van der Waals surface area contributed by atoms with Crippen molar-refractivity contribution in [1.82, 2.24) is 24.5 Å². The molecule has 9 nitrogen and oxygen atoms in total. The molecule has 0 radical (unpaired) electrons. The third-order valence-corrected chi connectivity index (χ3v) is 7.12. The van der Waals surface area contributed by atoms with Crippen molar-refractivity contribution in [3.63, 3.8) is 0 Å². The van der Waals surface area contributed by atoms with Gasteiger partial charge in [0.2, 0.25) is 5.95 Å². The fourth-order valence-electron chi connectivity index (χ4n) is 4.85. The molecule has 0 bridgehead atoms. The molecule has 0 spiro atoms. The molecule has 6 rings (SSSR count). The monoisotopic (exact) mass is 519 g/mol. The van der Waals surface area contributed by atoms with Gasteiger partial charge in [-0.05, 0) is 30.0 Å². The van der Waals surface area contributed by atoms with E-state index in [1.54, 1.807) is 32.9 Å². The van der Waals surface area contributed by atoms with Crippen LogP contribution in [-0.2, 0) is 6.42 Å². The maximum absolute atomic E-state index is 13.8. The Balaban J connectivity index is 1.21. The Kier molecular flexibility index (Phi) is 6.26. The highest BCUT2D eigenvalue weighted by Crippen LogP contribution is 2.38. The number of methoxy groups -OCH3 is 1. The van der Waals surface area contributed by atoms with Crippen LogP contribution < -0.4 is 19.7 Å². The summed E-state index contributed by atoms with van der Waals surface area (Å²) in [6.45, 7) is 0.210. The largest absolute Gasteiger partial charge is 0.493 e. The van der Waals surface area contributed by atoms with Crippen molar-refractivity contribution in [3.8, 4) is 17.3 Å². The Labute approximate surface area is 218 Å². The molecule has 1 fully saturated rings. The summed E-state index contributed by atoms with van der Waals surface area (Å²) in [4.78, 5) is 19.9. The zero-order chi connectivity index (χ0) is 26.2. The summed E-state index contributed by atoms with van der Waals surface area (Å²) in [6.07, 6.45) is 11.8. The van der Waals surface area contributed by atoms with Crippen molar-refractivity contribution in [2.75, 3.05) is 31.0 Å². The Bertz CT molecular complexity index is 1450. The van der Waals surface area contributed by atoms with E-state index in [1.165, 1.54) is 31.4 Å². The summed E-state index contributed by atoms with van der Waals surface area (Å²) in [5.74, 6) is 1.94. The molecule has 0 amide bonds. The first-order valence-corrected chi connectivity index (χ1v) is 12.5. The molecule has 1 aliphatic carbocycles. The molecule has 1 aliphatic heterocycles. The van der Waals surface area contributed by atoms with E-state index in [-0.39, 0.29) is 6.61 Å². The van der Waals surface area contributed by atoms with Gasteiger partial charge in [-0.1, -0.05) is 19.3 Å². The van der Waals surface area contributed by atoms with E-state index in [2.05, 4.69) is 25.3 Å². The summed E-state index contributed by atoms with van der Waals surface area (Å²) in [7, 11) is 3.39. The van der Waals surface area contributed by atoms with Gasteiger partial charge < -0.3 is 19.7 Å². The first-order valence-electron chi connectivity index (χ1n) is 12.5. The Hall–Kier alpha value is -4.28. The van der Waals surface area contributed by atoms with Crippen molar-refractivity contribution in [1.29, 1.82) is 0 Å². The minimum atomic E-state index is -0.639. The van der Waals surface area contributed by atoms with Gasteiger partial charge in [-0.15, -0.1) is 0 Å². The van der Waals surface area contributed by atoms with Crippen LogP contribution in [0.3, 0.4) is 0 Å². The second kappa shape index (κ2) is 9.88. The van der Waals surface area contributed by atoms with Crippen LogP contribution >= 0.6 is 0 Å². The highest BCUT2D eigenvalue weighted by atomic mass is 19.1. The number of nitrogens with zero attached hydrogens (tertiary/aromatic N) is 6. The first kappa shape index (κ1) is 24.1. The van der Waals surface area contributed by atoms with Crippen LogP contribution in [0.4, 0.5) is 26.2 Å². The summed E-state index contributed by atoms with van der Waals surface area (Å²) >= 11 is 0. The lowest BCUT2D eigenvalue weighted by Crippen LogP contribution is -2.34. The van der Waals surface area contributed by atoms with Crippen molar-refractivity contribution < 1.29 is 18.3 Å². The van der Waals surface area contributed by atoms with Gasteiger partial charge in [-0.2, -0.15) is 4.98 Å². The number of imidazole rings is 1. The van der Waals surface area contributed by atoms with Crippen molar-refractivity contribution >= 4 is 17.5 Å². The molecule has 1 saturated carbocycles. The molecule has 1 aromatic carbocycles. The number of likely N-dealkylation sites (N-methyl/N-ethyl adjacent to an activating group) is 1. The van der Waals surface area contributed by atoms with Gasteiger partial charge in [-0.3, -0.25) is 4.57 Å². The third-order valence-electron chi connectivity index (χ3n) is 7.12. The number of benzene rings is 1. The van der Waals surface area contributed by atoms with Crippen LogP contribution in [0.2, 0.25) is 0 Å². The second-order valence-corrected chi connectivity index (χ2v) is 9.67. The normalized spacial score (nSPS) is 16.9. The summed E-state index contributed by atoms with van der Waals surface area (Å²) in [5, 5.41) is 3.16. The molecule has 38 heavy (non-hydrogen) atoms. The van der Waals surface area contributed by atoms with Gasteiger partial charge >= 0.3 is 0 Å². The molecule has 3 aromatic heterocycles. The molecule has 2 aliphatic rings. The van der Waals surface area contributed by atoms with Crippen LogP contribution in [0.1, 0.15) is 36.6 Å². The minimum Gasteiger partial charge on any atom is -0.493 e. The lowest BCUT2D eigenvalue weighted by atomic mass is 9.82. The molecule has 4 heterocycles. The van der Waals surface area contributed by atoms with Gasteiger partial charge in [0, 0.05) is 25.4 Å². The van der Waals surface area contributed by atoms with E-state index in [9.17, 15) is 8.78 Å². The number of ether oxygens (including phenoxy) is 2. The Morgan fingerprint density at radius 3 is 2.61 bits per heavy atom. The van der Waals surface area contributed by atoms with E-state index < -0.39 is 17.7 Å². The van der Waals surface area contributed by atoms with Crippen molar-refractivity contribution in [3.05, 3.63) is 72.1 Å². The minimum absolute atomic E-state index is 0.210. The van der Waals surface area contributed by atoms with Gasteiger partial charge in [-0.25, -0.2) is 23.7 Å². The molecular weight excluding hydrogens is 492 g/mol. The predicted octanol–water partition coefficient (Wildman–Crippen LogP) is 5.00. The van der Waals surface area contributed by atoms with E-state index in [0.29, 0.717) is 40.3 Å². The SMILES string of the molecule is COc1cc(Nc2ncc3c(n2)N(C)C(c2cc(F)cc(F)c2)CO3)cnc1-n1cnc(CC2CCC2)c1. The first-order chi connectivity index (χ1) is 18.5.